The van der Waals surface area contributed by atoms with E-state index >= 15 is 0 Å². The van der Waals surface area contributed by atoms with Crippen molar-refractivity contribution in [3.8, 4) is 0 Å². The third-order valence-electron chi connectivity index (χ3n) is 6.72. The molecule has 156 valence electrons. The van der Waals surface area contributed by atoms with E-state index in [0.29, 0.717) is 17.3 Å². The maximum Gasteiger partial charge on any atom is 0.270 e. The number of para-hydroxylation sites is 1. The summed E-state index contributed by atoms with van der Waals surface area (Å²) in [5, 5.41) is 1.66. The monoisotopic (exact) mass is 423 g/mol. The summed E-state index contributed by atoms with van der Waals surface area (Å²) in [6.07, 6.45) is 6.03. The SMILES string of the molecule is CN(C)c1ncc2c(n1)C1(CCCN(C(=O)c3cc4cccc(Cl)c4n3C)C1)CC2. The van der Waals surface area contributed by atoms with E-state index < -0.39 is 0 Å². The number of aryl methyl sites for hydroxylation is 2. The van der Waals surface area contributed by atoms with E-state index in [9.17, 15) is 4.79 Å². The molecule has 2 aliphatic rings. The molecule has 1 unspecified atom stereocenters. The molecule has 6 nitrogen and oxygen atoms in total. The van der Waals surface area contributed by atoms with Gasteiger partial charge in [0.2, 0.25) is 5.95 Å². The van der Waals surface area contributed by atoms with Gasteiger partial charge in [0.1, 0.15) is 5.69 Å². The van der Waals surface area contributed by atoms with Crippen LogP contribution in [0.1, 0.15) is 41.0 Å². The van der Waals surface area contributed by atoms with Crippen LogP contribution in [0.15, 0.2) is 30.5 Å². The Hall–Kier alpha value is -2.60. The van der Waals surface area contributed by atoms with Crippen molar-refractivity contribution in [2.45, 2.75) is 31.1 Å². The fraction of sp³-hybridized carbons (Fsp3) is 0.435. The van der Waals surface area contributed by atoms with Gasteiger partial charge in [-0.15, -0.1) is 0 Å². The lowest BCUT2D eigenvalue weighted by Gasteiger charge is -2.40. The lowest BCUT2D eigenvalue weighted by Crippen LogP contribution is -2.48. The molecule has 1 saturated heterocycles. The summed E-state index contributed by atoms with van der Waals surface area (Å²) in [6.45, 7) is 1.48. The number of aromatic nitrogens is 3. The molecule has 5 rings (SSSR count). The summed E-state index contributed by atoms with van der Waals surface area (Å²) >= 11 is 6.40. The minimum atomic E-state index is -0.0703. The fourth-order valence-electron chi connectivity index (χ4n) is 5.18. The van der Waals surface area contributed by atoms with Gasteiger partial charge in [-0.05, 0) is 43.4 Å². The zero-order valence-corrected chi connectivity index (χ0v) is 18.4. The third kappa shape index (κ3) is 2.88. The van der Waals surface area contributed by atoms with Crippen molar-refractivity contribution < 1.29 is 4.79 Å². The fourth-order valence-corrected chi connectivity index (χ4v) is 5.49. The molecular weight excluding hydrogens is 398 g/mol. The number of anilines is 1. The highest BCUT2D eigenvalue weighted by Gasteiger charge is 2.45. The number of piperidine rings is 1. The lowest BCUT2D eigenvalue weighted by atomic mass is 9.77. The molecule has 1 aromatic carbocycles. The van der Waals surface area contributed by atoms with E-state index in [0.717, 1.165) is 54.8 Å². The smallest absolute Gasteiger partial charge is 0.270 e. The second-order valence-electron chi connectivity index (χ2n) is 8.82. The molecular formula is C23H26ClN5O. The highest BCUT2D eigenvalue weighted by molar-refractivity contribution is 6.35. The summed E-state index contributed by atoms with van der Waals surface area (Å²) in [4.78, 5) is 26.9. The average molecular weight is 424 g/mol. The van der Waals surface area contributed by atoms with Gasteiger partial charge in [-0.3, -0.25) is 4.79 Å². The van der Waals surface area contributed by atoms with E-state index in [-0.39, 0.29) is 11.3 Å². The van der Waals surface area contributed by atoms with Crippen LogP contribution in [0.5, 0.6) is 0 Å². The molecule has 3 aromatic rings. The van der Waals surface area contributed by atoms with Crippen molar-refractivity contribution in [2.24, 2.45) is 7.05 Å². The van der Waals surface area contributed by atoms with Gasteiger partial charge in [0, 0.05) is 51.2 Å². The Morgan fingerprint density at radius 1 is 1.27 bits per heavy atom. The van der Waals surface area contributed by atoms with Gasteiger partial charge in [0.15, 0.2) is 0 Å². The van der Waals surface area contributed by atoms with E-state index in [1.54, 1.807) is 0 Å². The molecule has 3 heterocycles. The van der Waals surface area contributed by atoms with E-state index in [2.05, 4.69) is 4.98 Å². The maximum absolute atomic E-state index is 13.5. The molecule has 1 atom stereocenters. The molecule has 0 bridgehead atoms. The van der Waals surface area contributed by atoms with E-state index in [4.69, 9.17) is 16.6 Å². The first-order valence-corrected chi connectivity index (χ1v) is 10.8. The molecule has 0 radical (unpaired) electrons. The Kier molecular flexibility index (Phi) is 4.51. The van der Waals surface area contributed by atoms with Crippen LogP contribution in [-0.2, 0) is 18.9 Å². The molecule has 0 N–H and O–H groups in total. The van der Waals surface area contributed by atoms with Gasteiger partial charge < -0.3 is 14.4 Å². The number of benzene rings is 1. The second-order valence-corrected chi connectivity index (χ2v) is 9.22. The van der Waals surface area contributed by atoms with Crippen molar-refractivity contribution in [1.29, 1.82) is 0 Å². The van der Waals surface area contributed by atoms with Gasteiger partial charge >= 0.3 is 0 Å². The molecule has 1 spiro atoms. The standard InChI is InChI=1S/C23H26ClN5O/c1-27(2)22-25-13-16-8-10-23(20(16)26-22)9-5-11-29(14-23)21(30)18-12-15-6-4-7-17(24)19(15)28(18)3/h4,6-7,12-13H,5,8-11,14H2,1-3H3. The number of hydrogen-bond donors (Lipinski definition) is 0. The molecule has 1 amide bonds. The summed E-state index contributed by atoms with van der Waals surface area (Å²) in [7, 11) is 5.85. The van der Waals surface area contributed by atoms with E-state index in [1.165, 1.54) is 5.56 Å². The Balaban J connectivity index is 1.49. The van der Waals surface area contributed by atoms with Gasteiger partial charge in [-0.1, -0.05) is 23.7 Å². The van der Waals surface area contributed by atoms with Crippen molar-refractivity contribution in [1.82, 2.24) is 19.4 Å². The number of likely N-dealkylation sites (tertiary alicyclic amines) is 1. The van der Waals surface area contributed by atoms with Crippen LogP contribution in [0.4, 0.5) is 5.95 Å². The maximum atomic E-state index is 13.5. The highest BCUT2D eigenvalue weighted by atomic mass is 35.5. The minimum absolute atomic E-state index is 0.0687. The third-order valence-corrected chi connectivity index (χ3v) is 7.02. The normalized spacial score (nSPS) is 20.7. The Morgan fingerprint density at radius 3 is 2.87 bits per heavy atom. The first-order chi connectivity index (χ1) is 14.4. The number of rotatable bonds is 2. The number of halogens is 1. The second kappa shape index (κ2) is 6.98. The van der Waals surface area contributed by atoms with Crippen LogP contribution >= 0.6 is 11.6 Å². The number of nitrogens with zero attached hydrogens (tertiary/aromatic N) is 5. The summed E-state index contributed by atoms with van der Waals surface area (Å²) in [6, 6.07) is 7.75. The van der Waals surface area contributed by atoms with Crippen LogP contribution in [0.2, 0.25) is 5.02 Å². The first kappa shape index (κ1) is 19.4. The first-order valence-electron chi connectivity index (χ1n) is 10.5. The van der Waals surface area contributed by atoms with Crippen molar-refractivity contribution in [3.63, 3.8) is 0 Å². The Bertz CT molecular complexity index is 1150. The van der Waals surface area contributed by atoms with Crippen LogP contribution in [0.3, 0.4) is 0 Å². The number of amides is 1. The van der Waals surface area contributed by atoms with E-state index in [1.807, 2.05) is 66.0 Å². The van der Waals surface area contributed by atoms with Crippen molar-refractivity contribution in [3.05, 3.63) is 52.4 Å². The van der Waals surface area contributed by atoms with Crippen molar-refractivity contribution in [2.75, 3.05) is 32.1 Å². The highest BCUT2D eigenvalue weighted by Crippen LogP contribution is 2.44. The zero-order valence-electron chi connectivity index (χ0n) is 17.7. The predicted molar refractivity (Wildman–Crippen MR) is 119 cm³/mol. The van der Waals surface area contributed by atoms with Gasteiger partial charge in [0.05, 0.1) is 16.2 Å². The van der Waals surface area contributed by atoms with Crippen molar-refractivity contribution >= 4 is 34.4 Å². The molecule has 0 saturated carbocycles. The zero-order chi connectivity index (χ0) is 21.0. The van der Waals surface area contributed by atoms with Crippen LogP contribution in [0.25, 0.3) is 10.9 Å². The van der Waals surface area contributed by atoms with Crippen LogP contribution in [-0.4, -0.2) is 52.5 Å². The number of carbonyl (C=O) groups is 1. The number of fused-ring (bicyclic) bond motifs is 3. The van der Waals surface area contributed by atoms with Crippen LogP contribution in [0, 0.1) is 0 Å². The molecule has 1 fully saturated rings. The minimum Gasteiger partial charge on any atom is -0.347 e. The lowest BCUT2D eigenvalue weighted by molar-refractivity contribution is 0.0624. The predicted octanol–water partition coefficient (Wildman–Crippen LogP) is 3.81. The largest absolute Gasteiger partial charge is 0.347 e. The van der Waals surface area contributed by atoms with Gasteiger partial charge in [-0.2, -0.15) is 0 Å². The topological polar surface area (TPSA) is 54.3 Å². The van der Waals surface area contributed by atoms with Gasteiger partial charge in [0.25, 0.3) is 5.91 Å². The Morgan fingerprint density at radius 2 is 2.10 bits per heavy atom. The van der Waals surface area contributed by atoms with Gasteiger partial charge in [-0.25, -0.2) is 9.97 Å². The summed E-state index contributed by atoms with van der Waals surface area (Å²) < 4.78 is 1.93. The quantitative estimate of drug-likeness (QED) is 0.629. The summed E-state index contributed by atoms with van der Waals surface area (Å²) in [5.74, 6) is 0.806. The molecule has 30 heavy (non-hydrogen) atoms. The number of carbonyl (C=O) groups excluding carboxylic acids is 1. The molecule has 1 aliphatic heterocycles. The number of hydrogen-bond acceptors (Lipinski definition) is 4. The average Bonchev–Trinajstić information content (AvgIpc) is 3.26. The molecule has 2 aromatic heterocycles. The van der Waals surface area contributed by atoms with Crippen LogP contribution < -0.4 is 4.90 Å². The summed E-state index contributed by atoms with van der Waals surface area (Å²) in [5.41, 5.74) is 3.89. The molecule has 7 heteroatoms. The molecule has 1 aliphatic carbocycles. The Labute approximate surface area is 181 Å².